The predicted octanol–water partition coefficient (Wildman–Crippen LogP) is 2.24. The largest absolute Gasteiger partial charge is 0.401 e. The van der Waals surface area contributed by atoms with Gasteiger partial charge in [0.25, 0.3) is 0 Å². The topological polar surface area (TPSA) is 48.9 Å². The summed E-state index contributed by atoms with van der Waals surface area (Å²) in [4.78, 5) is 5.85. The van der Waals surface area contributed by atoms with E-state index < -0.39 is 12.7 Å². The molecule has 1 saturated heterocycles. The first-order valence-corrected chi connectivity index (χ1v) is 8.72. The van der Waals surface area contributed by atoms with Crippen LogP contribution in [0.2, 0.25) is 0 Å². The maximum atomic E-state index is 12.4. The lowest BCUT2D eigenvalue weighted by Gasteiger charge is -2.19. The van der Waals surface area contributed by atoms with Gasteiger partial charge in [-0.3, -0.25) is 9.89 Å². The van der Waals surface area contributed by atoms with Crippen LogP contribution in [0.25, 0.3) is 0 Å². The minimum absolute atomic E-state index is 0.00740. The molecule has 0 bridgehead atoms. The fourth-order valence-corrected chi connectivity index (χ4v) is 2.50. The number of nitrogens with one attached hydrogen (secondary N) is 2. The van der Waals surface area contributed by atoms with E-state index in [-0.39, 0.29) is 6.04 Å². The van der Waals surface area contributed by atoms with Crippen LogP contribution in [0.15, 0.2) is 4.99 Å². The van der Waals surface area contributed by atoms with Crippen LogP contribution < -0.4 is 10.6 Å². The van der Waals surface area contributed by atoms with Gasteiger partial charge in [0, 0.05) is 32.3 Å². The molecule has 8 heteroatoms. The first-order chi connectivity index (χ1) is 11.3. The van der Waals surface area contributed by atoms with Crippen molar-refractivity contribution in [1.29, 1.82) is 0 Å². The second kappa shape index (κ2) is 10.8. The van der Waals surface area contributed by atoms with Gasteiger partial charge in [0.05, 0.1) is 19.7 Å². The van der Waals surface area contributed by atoms with E-state index in [1.165, 1.54) is 4.90 Å². The van der Waals surface area contributed by atoms with Gasteiger partial charge in [-0.1, -0.05) is 13.8 Å². The van der Waals surface area contributed by atoms with Gasteiger partial charge in [0.15, 0.2) is 5.96 Å². The Morgan fingerprint density at radius 1 is 1.33 bits per heavy atom. The van der Waals surface area contributed by atoms with Crippen molar-refractivity contribution >= 4 is 5.96 Å². The average molecular weight is 352 g/mol. The number of nitrogens with zero attached hydrogens (tertiary/aromatic N) is 2. The van der Waals surface area contributed by atoms with Crippen LogP contribution in [0.1, 0.15) is 33.6 Å². The minimum atomic E-state index is -4.14. The quantitative estimate of drug-likeness (QED) is 0.380. The summed E-state index contributed by atoms with van der Waals surface area (Å²) in [5.74, 6) is 1.26. The summed E-state index contributed by atoms with van der Waals surface area (Å²) in [5.41, 5.74) is 0. The third-order valence-corrected chi connectivity index (χ3v) is 3.71. The molecule has 1 heterocycles. The predicted molar refractivity (Wildman–Crippen MR) is 90.3 cm³/mol. The molecule has 1 unspecified atom stereocenters. The Kier molecular flexibility index (Phi) is 9.43. The van der Waals surface area contributed by atoms with Gasteiger partial charge in [-0.05, 0) is 25.7 Å². The third kappa shape index (κ3) is 9.97. The molecule has 0 radical (unpaired) electrons. The number of hydrogen-bond acceptors (Lipinski definition) is 3. The van der Waals surface area contributed by atoms with Gasteiger partial charge in [0.1, 0.15) is 0 Å². The highest BCUT2D eigenvalue weighted by Gasteiger charge is 2.34. The highest BCUT2D eigenvalue weighted by atomic mass is 19.4. The summed E-state index contributed by atoms with van der Waals surface area (Å²) in [6, 6.07) is -0.00740. The van der Waals surface area contributed by atoms with E-state index >= 15 is 0 Å². The number of rotatable bonds is 9. The van der Waals surface area contributed by atoms with Crippen molar-refractivity contribution in [2.75, 3.05) is 45.9 Å². The van der Waals surface area contributed by atoms with Crippen molar-refractivity contribution in [3.8, 4) is 0 Å². The van der Waals surface area contributed by atoms with Crippen LogP contribution in [-0.2, 0) is 4.74 Å². The number of hydrogen-bond donors (Lipinski definition) is 2. The number of likely N-dealkylation sites (tertiary alicyclic amines) is 1. The third-order valence-electron chi connectivity index (χ3n) is 3.71. The normalized spacial score (nSPS) is 20.0. The molecule has 2 N–H and O–H groups in total. The van der Waals surface area contributed by atoms with Crippen LogP contribution in [0.4, 0.5) is 13.2 Å². The van der Waals surface area contributed by atoms with E-state index in [1.807, 2.05) is 6.92 Å². The zero-order valence-electron chi connectivity index (χ0n) is 15.0. The molecule has 0 aromatic carbocycles. The molecule has 24 heavy (non-hydrogen) atoms. The van der Waals surface area contributed by atoms with Crippen molar-refractivity contribution in [3.05, 3.63) is 0 Å². The number of alkyl halides is 3. The van der Waals surface area contributed by atoms with Crippen LogP contribution >= 0.6 is 0 Å². The molecule has 0 aromatic heterocycles. The lowest BCUT2D eigenvalue weighted by molar-refractivity contribution is -0.143. The molecule has 0 saturated carbocycles. The molecular formula is C16H31F3N4O. The average Bonchev–Trinajstić information content (AvgIpc) is 2.87. The number of guanidine groups is 1. The molecule has 0 spiro atoms. The van der Waals surface area contributed by atoms with Crippen LogP contribution in [0.5, 0.6) is 0 Å². The molecule has 1 atom stereocenters. The van der Waals surface area contributed by atoms with E-state index in [0.29, 0.717) is 51.1 Å². The Bertz CT molecular complexity index is 375. The van der Waals surface area contributed by atoms with Gasteiger partial charge in [0.2, 0.25) is 0 Å². The Morgan fingerprint density at radius 2 is 2.08 bits per heavy atom. The van der Waals surface area contributed by atoms with E-state index in [0.717, 1.165) is 13.0 Å². The van der Waals surface area contributed by atoms with Gasteiger partial charge < -0.3 is 15.4 Å². The van der Waals surface area contributed by atoms with E-state index in [9.17, 15) is 13.2 Å². The zero-order chi connectivity index (χ0) is 18.0. The lowest BCUT2D eigenvalue weighted by atomic mass is 10.1. The Balaban J connectivity index is 2.31. The fraction of sp³-hybridized carbons (Fsp3) is 0.938. The summed E-state index contributed by atoms with van der Waals surface area (Å²) in [6.07, 6.45) is -2.43. The maximum absolute atomic E-state index is 12.4. The summed E-state index contributed by atoms with van der Waals surface area (Å²) in [7, 11) is 0. The maximum Gasteiger partial charge on any atom is 0.401 e. The van der Waals surface area contributed by atoms with E-state index in [4.69, 9.17) is 4.74 Å². The van der Waals surface area contributed by atoms with E-state index in [2.05, 4.69) is 29.5 Å². The standard InChI is InChI=1S/C16H31F3N4O/c1-4-20-15(21-7-10-24-9-6-13(2)3)22-14-5-8-23(11-14)12-16(17,18)19/h13-14H,4-12H2,1-3H3,(H2,20,21,22). The van der Waals surface area contributed by atoms with Gasteiger partial charge >= 0.3 is 6.18 Å². The second-order valence-corrected chi connectivity index (χ2v) is 6.54. The van der Waals surface area contributed by atoms with E-state index in [1.54, 1.807) is 0 Å². The van der Waals surface area contributed by atoms with Crippen molar-refractivity contribution in [2.45, 2.75) is 45.8 Å². The number of halogens is 3. The van der Waals surface area contributed by atoms with Crippen molar-refractivity contribution in [2.24, 2.45) is 10.9 Å². The lowest BCUT2D eigenvalue weighted by Crippen LogP contribution is -2.45. The van der Waals surface area contributed by atoms with Crippen LogP contribution in [0.3, 0.4) is 0 Å². The highest BCUT2D eigenvalue weighted by Crippen LogP contribution is 2.19. The Labute approximate surface area is 143 Å². The molecule has 1 fully saturated rings. The highest BCUT2D eigenvalue weighted by molar-refractivity contribution is 5.80. The summed E-state index contributed by atoms with van der Waals surface area (Å²) in [5, 5.41) is 6.34. The van der Waals surface area contributed by atoms with Gasteiger partial charge in [-0.2, -0.15) is 13.2 Å². The molecule has 0 amide bonds. The van der Waals surface area contributed by atoms with Gasteiger partial charge in [-0.15, -0.1) is 0 Å². The molecule has 142 valence electrons. The molecule has 5 nitrogen and oxygen atoms in total. The molecular weight excluding hydrogens is 321 g/mol. The smallest absolute Gasteiger partial charge is 0.380 e. The van der Waals surface area contributed by atoms with Crippen molar-refractivity contribution < 1.29 is 17.9 Å². The Hall–Kier alpha value is -1.02. The van der Waals surface area contributed by atoms with Crippen LogP contribution in [0, 0.1) is 5.92 Å². The van der Waals surface area contributed by atoms with Crippen LogP contribution in [-0.4, -0.2) is 69.0 Å². The monoisotopic (exact) mass is 352 g/mol. The first-order valence-electron chi connectivity index (χ1n) is 8.72. The molecule has 0 aromatic rings. The summed E-state index contributed by atoms with van der Waals surface area (Å²) >= 11 is 0. The number of ether oxygens (including phenoxy) is 1. The number of aliphatic imine (C=N–C) groups is 1. The van der Waals surface area contributed by atoms with Crippen molar-refractivity contribution in [3.63, 3.8) is 0 Å². The zero-order valence-corrected chi connectivity index (χ0v) is 15.0. The van der Waals surface area contributed by atoms with Crippen molar-refractivity contribution in [1.82, 2.24) is 15.5 Å². The first kappa shape index (κ1) is 21.0. The fourth-order valence-electron chi connectivity index (χ4n) is 2.50. The second-order valence-electron chi connectivity index (χ2n) is 6.54. The summed E-state index contributed by atoms with van der Waals surface area (Å²) in [6.45, 7) is 8.77. The molecule has 0 aliphatic carbocycles. The molecule has 1 aliphatic heterocycles. The summed E-state index contributed by atoms with van der Waals surface area (Å²) < 4.78 is 42.8. The van der Waals surface area contributed by atoms with Gasteiger partial charge in [-0.25, -0.2) is 0 Å². The molecule has 1 rings (SSSR count). The minimum Gasteiger partial charge on any atom is -0.380 e. The Morgan fingerprint density at radius 3 is 2.71 bits per heavy atom. The SMILES string of the molecule is CCNC(=NCCOCCC(C)C)NC1CCN(CC(F)(F)F)C1. The molecule has 1 aliphatic rings.